The van der Waals surface area contributed by atoms with E-state index in [1.807, 2.05) is 0 Å². The first-order valence-electron chi connectivity index (χ1n) is 8.69. The summed E-state index contributed by atoms with van der Waals surface area (Å²) >= 11 is 0. The summed E-state index contributed by atoms with van der Waals surface area (Å²) in [7, 11) is 0. The van der Waals surface area contributed by atoms with Crippen molar-refractivity contribution in [1.82, 2.24) is 0 Å². The molecule has 0 amide bonds. The number of rotatable bonds is 4. The van der Waals surface area contributed by atoms with Crippen LogP contribution in [-0.4, -0.2) is 70.2 Å². The molecular formula is C20H22N2O8. The van der Waals surface area contributed by atoms with E-state index in [4.69, 9.17) is 31.9 Å². The lowest BCUT2D eigenvalue weighted by molar-refractivity contribution is 0.0685. The van der Waals surface area contributed by atoms with Crippen molar-refractivity contribution in [2.45, 2.75) is 0 Å². The Bertz CT molecular complexity index is 874. The van der Waals surface area contributed by atoms with Crippen molar-refractivity contribution in [3.8, 4) is 0 Å². The average Bonchev–Trinajstić information content (AvgIpc) is 2.76. The highest BCUT2D eigenvalue weighted by Crippen LogP contribution is 2.28. The third-order valence-electron chi connectivity index (χ3n) is 3.77. The van der Waals surface area contributed by atoms with Crippen molar-refractivity contribution in [2.24, 2.45) is 11.5 Å². The van der Waals surface area contributed by atoms with Crippen molar-refractivity contribution >= 4 is 23.5 Å². The van der Waals surface area contributed by atoms with E-state index < -0.39 is 23.5 Å². The maximum absolute atomic E-state index is 12.4. The molecule has 1 aliphatic rings. The highest BCUT2D eigenvalue weighted by Gasteiger charge is 2.31. The molecule has 10 heteroatoms. The van der Waals surface area contributed by atoms with Gasteiger partial charge < -0.3 is 31.9 Å². The summed E-state index contributed by atoms with van der Waals surface area (Å²) in [4.78, 5) is 46.8. The Balaban J connectivity index is 0.000000485. The van der Waals surface area contributed by atoms with Gasteiger partial charge in [0.1, 0.15) is 0 Å². The van der Waals surface area contributed by atoms with Gasteiger partial charge in [-0.25, -0.2) is 9.59 Å². The quantitative estimate of drug-likeness (QED) is 0.327. The molecule has 2 aromatic rings. The summed E-state index contributed by atoms with van der Waals surface area (Å²) in [5.41, 5.74) is 9.55. The molecule has 0 saturated carbocycles. The topological polar surface area (TPSA) is 201 Å². The first-order chi connectivity index (χ1) is 14.2. The minimum atomic E-state index is -1.20. The number of carboxylic acid groups (broad SMARTS) is 2. The van der Waals surface area contributed by atoms with Crippen LogP contribution in [0, 0.1) is 0 Å². The Morgan fingerprint density at radius 1 is 0.667 bits per heavy atom. The first kappa shape index (κ1) is 24.6. The lowest BCUT2D eigenvalue weighted by Crippen LogP contribution is -2.22. The fourth-order valence-corrected chi connectivity index (χ4v) is 2.42. The minimum Gasteiger partial charge on any atom is -0.478 e. The molecule has 160 valence electrons. The second-order valence-electron chi connectivity index (χ2n) is 5.81. The normalized spacial score (nSPS) is 11.2. The third-order valence-corrected chi connectivity index (χ3v) is 3.77. The molecule has 0 aliphatic heterocycles. The number of carbonyl (C=O) groups excluding carboxylic acids is 2. The fourth-order valence-electron chi connectivity index (χ4n) is 2.42. The first-order valence-corrected chi connectivity index (χ1v) is 8.69. The van der Waals surface area contributed by atoms with E-state index in [2.05, 4.69) is 0 Å². The van der Waals surface area contributed by atoms with Crippen LogP contribution in [0.15, 0.2) is 36.4 Å². The molecule has 0 unspecified atom stereocenters. The van der Waals surface area contributed by atoms with Crippen LogP contribution in [0.5, 0.6) is 0 Å². The summed E-state index contributed by atoms with van der Waals surface area (Å²) < 4.78 is 0. The van der Waals surface area contributed by atoms with Crippen LogP contribution in [-0.2, 0) is 0 Å². The van der Waals surface area contributed by atoms with Crippen LogP contribution in [0.3, 0.4) is 0 Å². The van der Waals surface area contributed by atoms with E-state index in [-0.39, 0.29) is 46.6 Å². The zero-order valence-corrected chi connectivity index (χ0v) is 15.9. The summed E-state index contributed by atoms with van der Waals surface area (Å²) in [6.45, 7) is 0.944. The van der Waals surface area contributed by atoms with Crippen molar-refractivity contribution < 1.29 is 39.6 Å². The van der Waals surface area contributed by atoms with E-state index in [1.54, 1.807) is 0 Å². The highest BCUT2D eigenvalue weighted by molar-refractivity contribution is 6.29. The SMILES string of the molecule is NCCO.NCCO.O=C(O)c1ccc2c(c1)C(=O)c1ccc(C(=O)O)cc1C2=O. The molecule has 30 heavy (non-hydrogen) atoms. The number of hydrogen-bond acceptors (Lipinski definition) is 8. The third kappa shape index (κ3) is 5.78. The van der Waals surface area contributed by atoms with Gasteiger partial charge in [-0.3, -0.25) is 9.59 Å². The van der Waals surface area contributed by atoms with E-state index >= 15 is 0 Å². The lowest BCUT2D eigenvalue weighted by Gasteiger charge is -2.18. The van der Waals surface area contributed by atoms with E-state index in [0.717, 1.165) is 12.1 Å². The van der Waals surface area contributed by atoms with Crippen molar-refractivity contribution in [1.29, 1.82) is 0 Å². The summed E-state index contributed by atoms with van der Waals surface area (Å²) in [6, 6.07) is 7.33. The van der Waals surface area contributed by atoms with Gasteiger partial charge in [0.25, 0.3) is 0 Å². The van der Waals surface area contributed by atoms with Gasteiger partial charge in [-0.1, -0.05) is 0 Å². The zero-order valence-electron chi connectivity index (χ0n) is 15.9. The Hall–Kier alpha value is -3.44. The Morgan fingerprint density at radius 2 is 0.967 bits per heavy atom. The van der Waals surface area contributed by atoms with Gasteiger partial charge in [-0.05, 0) is 36.4 Å². The predicted octanol–water partition coefficient (Wildman–Crippen LogP) is -0.267. The van der Waals surface area contributed by atoms with Gasteiger partial charge in [-0.2, -0.15) is 0 Å². The zero-order chi connectivity index (χ0) is 22.8. The van der Waals surface area contributed by atoms with E-state index in [9.17, 15) is 19.2 Å². The maximum Gasteiger partial charge on any atom is 0.335 e. The molecule has 0 fully saturated rings. The van der Waals surface area contributed by atoms with E-state index in [1.165, 1.54) is 24.3 Å². The predicted molar refractivity (Wildman–Crippen MR) is 106 cm³/mol. The van der Waals surface area contributed by atoms with Gasteiger partial charge >= 0.3 is 11.9 Å². The Morgan fingerprint density at radius 3 is 1.20 bits per heavy atom. The molecule has 3 rings (SSSR count). The fraction of sp³-hybridized carbons (Fsp3) is 0.200. The van der Waals surface area contributed by atoms with Crippen LogP contribution in [0.1, 0.15) is 52.6 Å². The molecule has 0 spiro atoms. The molecule has 0 radical (unpaired) electrons. The number of aromatic carboxylic acids is 2. The summed E-state index contributed by atoms with van der Waals surface area (Å²) in [5, 5.41) is 33.4. The minimum absolute atomic E-state index is 0.0143. The molecule has 0 heterocycles. The number of carboxylic acids is 2. The average molecular weight is 418 g/mol. The maximum atomic E-state index is 12.4. The summed E-state index contributed by atoms with van der Waals surface area (Å²) in [5.74, 6) is -3.39. The smallest absolute Gasteiger partial charge is 0.335 e. The molecule has 1 aliphatic carbocycles. The van der Waals surface area contributed by atoms with E-state index in [0.29, 0.717) is 13.1 Å². The molecule has 2 aromatic carbocycles. The van der Waals surface area contributed by atoms with Crippen molar-refractivity contribution in [3.63, 3.8) is 0 Å². The number of ketones is 2. The van der Waals surface area contributed by atoms with Gasteiger partial charge in [0, 0.05) is 35.3 Å². The summed E-state index contributed by atoms with van der Waals surface area (Å²) in [6.07, 6.45) is 0. The molecule has 0 bridgehead atoms. The molecule has 0 atom stereocenters. The van der Waals surface area contributed by atoms with Crippen LogP contribution >= 0.6 is 0 Å². The van der Waals surface area contributed by atoms with Crippen molar-refractivity contribution in [3.05, 3.63) is 69.8 Å². The van der Waals surface area contributed by atoms with Gasteiger partial charge in [0.15, 0.2) is 11.6 Å². The van der Waals surface area contributed by atoms with Crippen molar-refractivity contribution in [2.75, 3.05) is 26.3 Å². The second kappa shape index (κ2) is 11.5. The number of benzene rings is 2. The Kier molecular flexibility index (Phi) is 9.46. The number of aliphatic hydroxyl groups is 2. The number of aliphatic hydroxyl groups excluding tert-OH is 2. The Labute approximate surface area is 171 Å². The lowest BCUT2D eigenvalue weighted by atomic mass is 9.82. The molecule has 0 saturated heterocycles. The molecule has 10 nitrogen and oxygen atoms in total. The number of carbonyl (C=O) groups is 4. The largest absolute Gasteiger partial charge is 0.478 e. The van der Waals surface area contributed by atoms with Crippen LogP contribution in [0.2, 0.25) is 0 Å². The number of fused-ring (bicyclic) bond motifs is 2. The van der Waals surface area contributed by atoms with Crippen LogP contribution < -0.4 is 11.5 Å². The number of nitrogens with two attached hydrogens (primary N) is 2. The van der Waals surface area contributed by atoms with Crippen LogP contribution in [0.4, 0.5) is 0 Å². The monoisotopic (exact) mass is 418 g/mol. The number of hydrogen-bond donors (Lipinski definition) is 6. The second-order valence-corrected chi connectivity index (χ2v) is 5.81. The van der Waals surface area contributed by atoms with Gasteiger partial charge in [0.2, 0.25) is 0 Å². The van der Waals surface area contributed by atoms with Gasteiger partial charge in [-0.15, -0.1) is 0 Å². The molecule has 8 N–H and O–H groups in total. The molecule has 0 aromatic heterocycles. The van der Waals surface area contributed by atoms with Gasteiger partial charge in [0.05, 0.1) is 24.3 Å². The van der Waals surface area contributed by atoms with Crippen LogP contribution in [0.25, 0.3) is 0 Å². The standard InChI is InChI=1S/C16H8O6.2C2H7NO/c17-13-9-3-1-7(15(19)20)5-11(9)14(18)10-4-2-8(16(21)22)6-12(10)13;2*3-1-2-4/h1-6H,(H,19,20)(H,21,22);2*4H,1-3H2. The molecular weight excluding hydrogens is 396 g/mol. The highest BCUT2D eigenvalue weighted by atomic mass is 16.4.